The summed E-state index contributed by atoms with van der Waals surface area (Å²) < 4.78 is 10.9. The summed E-state index contributed by atoms with van der Waals surface area (Å²) in [5.74, 6) is 0.136. The number of rotatable bonds is 7. The van der Waals surface area contributed by atoms with Gasteiger partial charge in [0.05, 0.1) is 24.8 Å². The summed E-state index contributed by atoms with van der Waals surface area (Å²) >= 11 is 0. The topological polar surface area (TPSA) is 96.9 Å². The van der Waals surface area contributed by atoms with E-state index in [-0.39, 0.29) is 12.5 Å². The summed E-state index contributed by atoms with van der Waals surface area (Å²) in [7, 11) is 3.16. The Morgan fingerprint density at radius 1 is 1.06 bits per heavy atom. The fraction of sp³-hybridized carbons (Fsp3) is 0.417. The Labute approximate surface area is 182 Å². The Kier molecular flexibility index (Phi) is 7.17. The van der Waals surface area contributed by atoms with Gasteiger partial charge in [-0.3, -0.25) is 4.79 Å². The molecule has 7 nitrogen and oxygen atoms in total. The van der Waals surface area contributed by atoms with Crippen molar-refractivity contribution in [2.24, 2.45) is 0 Å². The summed E-state index contributed by atoms with van der Waals surface area (Å²) in [5, 5.41) is 14.8. The molecule has 0 aliphatic heterocycles. The lowest BCUT2D eigenvalue weighted by molar-refractivity contribution is -0.146. The molecule has 0 aromatic heterocycles. The van der Waals surface area contributed by atoms with Gasteiger partial charge in [-0.1, -0.05) is 18.2 Å². The number of urea groups is 1. The molecule has 0 radical (unpaired) electrons. The van der Waals surface area contributed by atoms with E-state index in [1.54, 1.807) is 14.2 Å². The summed E-state index contributed by atoms with van der Waals surface area (Å²) in [5.41, 5.74) is 2.96. The van der Waals surface area contributed by atoms with Crippen LogP contribution in [-0.2, 0) is 9.53 Å². The molecule has 2 aromatic carbocycles. The highest BCUT2D eigenvalue weighted by Crippen LogP contribution is 2.41. The third-order valence-electron chi connectivity index (χ3n) is 6.05. The van der Waals surface area contributed by atoms with E-state index < -0.39 is 11.6 Å². The molecule has 2 aromatic rings. The molecule has 0 bridgehead atoms. The Morgan fingerprint density at radius 3 is 2.32 bits per heavy atom. The van der Waals surface area contributed by atoms with Crippen molar-refractivity contribution < 1.29 is 24.2 Å². The van der Waals surface area contributed by atoms with Gasteiger partial charge in [-0.2, -0.15) is 0 Å². The molecule has 0 atom stereocenters. The summed E-state index contributed by atoms with van der Waals surface area (Å²) in [6.45, 7) is 1.95. The van der Waals surface area contributed by atoms with E-state index in [4.69, 9.17) is 14.6 Å². The largest absolute Gasteiger partial charge is 0.495 e. The van der Waals surface area contributed by atoms with Crippen molar-refractivity contribution in [3.05, 3.63) is 53.6 Å². The molecule has 1 saturated carbocycles. The summed E-state index contributed by atoms with van der Waals surface area (Å²) in [6.07, 6.45) is 3.24. The Morgan fingerprint density at radius 2 is 1.74 bits per heavy atom. The number of carboxylic acid groups (broad SMARTS) is 1. The van der Waals surface area contributed by atoms with Crippen molar-refractivity contribution in [3.63, 3.8) is 0 Å². The first kappa shape index (κ1) is 22.6. The average molecular weight is 427 g/mol. The third kappa shape index (κ3) is 5.76. The van der Waals surface area contributed by atoms with Gasteiger partial charge in [-0.05, 0) is 73.9 Å². The number of carboxylic acids is 1. The summed E-state index contributed by atoms with van der Waals surface area (Å²) in [6, 6.07) is 13.1. The Balaban J connectivity index is 1.58. The zero-order valence-corrected chi connectivity index (χ0v) is 18.2. The molecule has 7 heteroatoms. The van der Waals surface area contributed by atoms with Crippen molar-refractivity contribution >= 4 is 23.4 Å². The van der Waals surface area contributed by atoms with Crippen LogP contribution in [0.4, 0.5) is 16.2 Å². The monoisotopic (exact) mass is 426 g/mol. The predicted octanol–water partition coefficient (Wildman–Crippen LogP) is 5.17. The number of aliphatic carboxylic acids is 1. The first-order chi connectivity index (χ1) is 14.8. The zero-order valence-electron chi connectivity index (χ0n) is 18.2. The van der Waals surface area contributed by atoms with Gasteiger partial charge in [0.2, 0.25) is 0 Å². The summed E-state index contributed by atoms with van der Waals surface area (Å²) in [4.78, 5) is 23.6. The minimum atomic E-state index is -0.822. The number of benzene rings is 2. The molecule has 166 valence electrons. The first-order valence-corrected chi connectivity index (χ1v) is 10.4. The van der Waals surface area contributed by atoms with Gasteiger partial charge in [0.1, 0.15) is 5.75 Å². The number of nitrogens with one attached hydrogen (secondary N) is 2. The first-order valence-electron chi connectivity index (χ1n) is 10.4. The minimum absolute atomic E-state index is 0.0416. The molecule has 0 saturated heterocycles. The van der Waals surface area contributed by atoms with Crippen LogP contribution in [0.1, 0.15) is 49.1 Å². The number of methoxy groups -OCH3 is 2. The quantitative estimate of drug-likeness (QED) is 0.568. The maximum absolute atomic E-state index is 12.4. The van der Waals surface area contributed by atoms with E-state index in [1.165, 1.54) is 5.56 Å². The second-order valence-electron chi connectivity index (χ2n) is 8.14. The number of aryl methyl sites for hydroxylation is 1. The van der Waals surface area contributed by atoms with E-state index >= 15 is 0 Å². The highest BCUT2D eigenvalue weighted by atomic mass is 16.5. The predicted molar refractivity (Wildman–Crippen MR) is 120 cm³/mol. The SMILES string of the molecule is COc1ccc(C)cc1NC(=O)Nc1ccc([C@H]2CC[C@@](CC(=O)O)(OC)CC2)cc1. The van der Waals surface area contributed by atoms with Gasteiger partial charge in [-0.25, -0.2) is 4.79 Å². The number of amides is 2. The third-order valence-corrected chi connectivity index (χ3v) is 6.05. The van der Waals surface area contributed by atoms with E-state index in [0.29, 0.717) is 23.0 Å². The van der Waals surface area contributed by atoms with Crippen molar-refractivity contribution in [1.82, 2.24) is 0 Å². The van der Waals surface area contributed by atoms with E-state index in [0.717, 1.165) is 31.2 Å². The number of hydrogen-bond donors (Lipinski definition) is 3. The number of carbonyl (C=O) groups is 2. The fourth-order valence-electron chi connectivity index (χ4n) is 4.25. The Bertz CT molecular complexity index is 918. The molecule has 1 fully saturated rings. The molecule has 0 spiro atoms. The lowest BCUT2D eigenvalue weighted by Crippen LogP contribution is -2.38. The van der Waals surface area contributed by atoms with E-state index in [9.17, 15) is 9.59 Å². The van der Waals surface area contributed by atoms with Crippen LogP contribution in [0.5, 0.6) is 5.75 Å². The fourth-order valence-corrected chi connectivity index (χ4v) is 4.25. The van der Waals surface area contributed by atoms with Crippen molar-refractivity contribution in [3.8, 4) is 5.75 Å². The van der Waals surface area contributed by atoms with Crippen LogP contribution in [0.15, 0.2) is 42.5 Å². The zero-order chi connectivity index (χ0) is 22.4. The van der Waals surface area contributed by atoms with Crippen LogP contribution in [-0.4, -0.2) is 36.9 Å². The highest BCUT2D eigenvalue weighted by Gasteiger charge is 2.37. The van der Waals surface area contributed by atoms with Crippen LogP contribution in [0.25, 0.3) is 0 Å². The van der Waals surface area contributed by atoms with Crippen LogP contribution >= 0.6 is 0 Å². The molecule has 31 heavy (non-hydrogen) atoms. The van der Waals surface area contributed by atoms with Gasteiger partial charge in [0, 0.05) is 12.8 Å². The molecule has 0 unspecified atom stereocenters. The highest BCUT2D eigenvalue weighted by molar-refractivity contribution is 6.00. The second kappa shape index (κ2) is 9.83. The number of anilines is 2. The van der Waals surface area contributed by atoms with Gasteiger partial charge in [0.25, 0.3) is 0 Å². The molecular formula is C24H30N2O5. The molecule has 1 aliphatic carbocycles. The molecule has 3 rings (SSSR count). The van der Waals surface area contributed by atoms with Crippen molar-refractivity contribution in [2.45, 2.75) is 50.5 Å². The van der Waals surface area contributed by atoms with Gasteiger partial charge in [0.15, 0.2) is 0 Å². The van der Waals surface area contributed by atoms with Crippen LogP contribution in [0.3, 0.4) is 0 Å². The minimum Gasteiger partial charge on any atom is -0.495 e. The van der Waals surface area contributed by atoms with Gasteiger partial charge < -0.3 is 25.2 Å². The number of hydrogen-bond acceptors (Lipinski definition) is 4. The van der Waals surface area contributed by atoms with Gasteiger partial charge in [-0.15, -0.1) is 0 Å². The normalized spacial score (nSPS) is 20.7. The van der Waals surface area contributed by atoms with Crippen LogP contribution in [0, 0.1) is 6.92 Å². The maximum atomic E-state index is 12.4. The van der Waals surface area contributed by atoms with Crippen LogP contribution < -0.4 is 15.4 Å². The number of carbonyl (C=O) groups excluding carboxylic acids is 1. The molecule has 3 N–H and O–H groups in total. The molecule has 1 aliphatic rings. The van der Waals surface area contributed by atoms with E-state index in [1.807, 2.05) is 49.4 Å². The van der Waals surface area contributed by atoms with Crippen molar-refractivity contribution in [1.29, 1.82) is 0 Å². The lowest BCUT2D eigenvalue weighted by atomic mass is 9.74. The molecular weight excluding hydrogens is 396 g/mol. The average Bonchev–Trinajstić information content (AvgIpc) is 2.74. The Hall–Kier alpha value is -3.06. The second-order valence-corrected chi connectivity index (χ2v) is 8.14. The molecule has 0 heterocycles. The smallest absolute Gasteiger partial charge is 0.323 e. The number of ether oxygens (including phenoxy) is 2. The maximum Gasteiger partial charge on any atom is 0.323 e. The van der Waals surface area contributed by atoms with E-state index in [2.05, 4.69) is 10.6 Å². The van der Waals surface area contributed by atoms with Crippen LogP contribution in [0.2, 0.25) is 0 Å². The standard InChI is InChI=1S/C24H30N2O5/c1-16-4-9-21(30-2)20(14-16)26-23(29)25-19-7-5-17(6-8-19)18-10-12-24(31-3,13-11-18)15-22(27)28/h4-9,14,18H,10-13,15H2,1-3H3,(H,27,28)(H2,25,26,29)/t18-,24+. The van der Waals surface area contributed by atoms with Gasteiger partial charge >= 0.3 is 12.0 Å². The molecule has 2 amide bonds. The lowest BCUT2D eigenvalue weighted by Gasteiger charge is -2.38. The van der Waals surface area contributed by atoms with Crippen molar-refractivity contribution in [2.75, 3.05) is 24.9 Å².